The molecule has 0 amide bonds. The molecule has 1 unspecified atom stereocenters. The Kier molecular flexibility index (Phi) is 3.94. The standard InChI is InChI=1S/C18H23BrN6/c1-11-9-13(12(2)19)15-14(10-11)16-21-22-23-25(16)17(20-15)24-7-5-18(3,4)6-8-24/h9-10,12H,5-8H2,1-4H3. The predicted molar refractivity (Wildman–Crippen MR) is 103 cm³/mol. The molecule has 0 aliphatic carbocycles. The van der Waals surface area contributed by atoms with Crippen LogP contribution < -0.4 is 4.90 Å². The molecule has 3 heterocycles. The molecule has 1 saturated heterocycles. The Labute approximate surface area is 155 Å². The number of hydrogen-bond donors (Lipinski definition) is 0. The van der Waals surface area contributed by atoms with E-state index in [-0.39, 0.29) is 4.83 Å². The molecule has 3 aromatic rings. The van der Waals surface area contributed by atoms with Gasteiger partial charge in [0.1, 0.15) is 0 Å². The lowest BCUT2D eigenvalue weighted by Gasteiger charge is -2.37. The smallest absolute Gasteiger partial charge is 0.230 e. The summed E-state index contributed by atoms with van der Waals surface area (Å²) in [7, 11) is 0. The Morgan fingerprint density at radius 3 is 2.60 bits per heavy atom. The van der Waals surface area contributed by atoms with E-state index >= 15 is 0 Å². The van der Waals surface area contributed by atoms with Crippen molar-refractivity contribution in [1.29, 1.82) is 0 Å². The minimum Gasteiger partial charge on any atom is -0.341 e. The average Bonchev–Trinajstić information content (AvgIpc) is 3.03. The second kappa shape index (κ2) is 5.90. The molecule has 0 radical (unpaired) electrons. The van der Waals surface area contributed by atoms with Crippen LogP contribution in [0, 0.1) is 12.3 Å². The molecule has 0 saturated carbocycles. The van der Waals surface area contributed by atoms with Crippen molar-refractivity contribution in [3.8, 4) is 0 Å². The Morgan fingerprint density at radius 2 is 1.92 bits per heavy atom. The van der Waals surface area contributed by atoms with Gasteiger partial charge in [-0.05, 0) is 59.7 Å². The number of fused-ring (bicyclic) bond motifs is 3. The van der Waals surface area contributed by atoms with E-state index in [1.54, 1.807) is 4.52 Å². The van der Waals surface area contributed by atoms with Crippen molar-refractivity contribution in [3.05, 3.63) is 23.3 Å². The number of halogens is 1. The van der Waals surface area contributed by atoms with Crippen molar-refractivity contribution in [1.82, 2.24) is 25.0 Å². The monoisotopic (exact) mass is 402 g/mol. The SMILES string of the molecule is Cc1cc(C(C)Br)c2nc(N3CCC(C)(C)CC3)n3nnnc3c2c1. The van der Waals surface area contributed by atoms with E-state index in [1.807, 2.05) is 0 Å². The van der Waals surface area contributed by atoms with Gasteiger partial charge in [-0.25, -0.2) is 4.98 Å². The van der Waals surface area contributed by atoms with Gasteiger partial charge >= 0.3 is 0 Å². The molecule has 0 bridgehead atoms. The van der Waals surface area contributed by atoms with Crippen molar-refractivity contribution >= 4 is 38.4 Å². The third kappa shape index (κ3) is 2.88. The number of aromatic nitrogens is 5. The zero-order chi connectivity index (χ0) is 17.8. The lowest BCUT2D eigenvalue weighted by Crippen LogP contribution is -2.39. The fourth-order valence-corrected chi connectivity index (χ4v) is 3.91. The average molecular weight is 403 g/mol. The quantitative estimate of drug-likeness (QED) is 0.604. The first-order valence-electron chi connectivity index (χ1n) is 8.77. The number of aryl methyl sites for hydroxylation is 1. The molecular formula is C18H23BrN6. The van der Waals surface area contributed by atoms with E-state index in [9.17, 15) is 0 Å². The first-order chi connectivity index (χ1) is 11.9. The molecule has 2 aromatic heterocycles. The van der Waals surface area contributed by atoms with Crippen LogP contribution in [-0.4, -0.2) is 38.1 Å². The highest BCUT2D eigenvalue weighted by Crippen LogP contribution is 2.35. The molecule has 1 fully saturated rings. The molecule has 0 N–H and O–H groups in total. The van der Waals surface area contributed by atoms with Crippen LogP contribution in [0.3, 0.4) is 0 Å². The second-order valence-corrected chi connectivity index (χ2v) is 9.22. The van der Waals surface area contributed by atoms with Gasteiger partial charge in [-0.3, -0.25) is 0 Å². The summed E-state index contributed by atoms with van der Waals surface area (Å²) < 4.78 is 1.79. The van der Waals surface area contributed by atoms with Crippen LogP contribution in [0.25, 0.3) is 16.6 Å². The molecule has 1 atom stereocenters. The Balaban J connectivity index is 1.94. The number of rotatable bonds is 2. The van der Waals surface area contributed by atoms with Gasteiger partial charge < -0.3 is 4.90 Å². The van der Waals surface area contributed by atoms with E-state index in [2.05, 4.69) is 76.2 Å². The van der Waals surface area contributed by atoms with Crippen LogP contribution in [0.15, 0.2) is 12.1 Å². The first kappa shape index (κ1) is 16.7. The summed E-state index contributed by atoms with van der Waals surface area (Å²) in [5, 5.41) is 13.4. The maximum atomic E-state index is 5.03. The molecule has 1 aliphatic heterocycles. The molecule has 7 heteroatoms. The largest absolute Gasteiger partial charge is 0.341 e. The highest BCUT2D eigenvalue weighted by atomic mass is 79.9. The van der Waals surface area contributed by atoms with E-state index in [0.29, 0.717) is 5.41 Å². The first-order valence-corrected chi connectivity index (χ1v) is 9.69. The minimum absolute atomic E-state index is 0.217. The van der Waals surface area contributed by atoms with Crippen LogP contribution >= 0.6 is 15.9 Å². The number of alkyl halides is 1. The van der Waals surface area contributed by atoms with E-state index in [4.69, 9.17) is 4.98 Å². The fourth-order valence-electron chi connectivity index (χ4n) is 3.56. The van der Waals surface area contributed by atoms with Crippen LogP contribution in [0.2, 0.25) is 0 Å². The van der Waals surface area contributed by atoms with Gasteiger partial charge in [0, 0.05) is 23.3 Å². The highest BCUT2D eigenvalue weighted by molar-refractivity contribution is 9.09. The van der Waals surface area contributed by atoms with Gasteiger partial charge in [0.15, 0.2) is 5.65 Å². The second-order valence-electron chi connectivity index (χ2n) is 7.84. The molecule has 132 valence electrons. The van der Waals surface area contributed by atoms with Crippen LogP contribution in [-0.2, 0) is 0 Å². The zero-order valence-corrected chi connectivity index (χ0v) is 16.7. The van der Waals surface area contributed by atoms with Crippen LogP contribution in [0.1, 0.15) is 49.6 Å². The van der Waals surface area contributed by atoms with Crippen LogP contribution in [0.4, 0.5) is 5.95 Å². The summed E-state index contributed by atoms with van der Waals surface area (Å²) in [5.41, 5.74) is 4.52. The minimum atomic E-state index is 0.217. The Morgan fingerprint density at radius 1 is 1.20 bits per heavy atom. The van der Waals surface area contributed by atoms with Crippen molar-refractivity contribution in [2.75, 3.05) is 18.0 Å². The summed E-state index contributed by atoms with van der Waals surface area (Å²) in [6, 6.07) is 4.31. The summed E-state index contributed by atoms with van der Waals surface area (Å²) in [5.74, 6) is 0.848. The third-order valence-electron chi connectivity index (χ3n) is 5.22. The van der Waals surface area contributed by atoms with Crippen molar-refractivity contribution in [3.63, 3.8) is 0 Å². The number of hydrogen-bond acceptors (Lipinski definition) is 5. The fraction of sp³-hybridized carbons (Fsp3) is 0.556. The van der Waals surface area contributed by atoms with Crippen molar-refractivity contribution < 1.29 is 0 Å². The van der Waals surface area contributed by atoms with Gasteiger partial charge in [0.2, 0.25) is 5.95 Å². The van der Waals surface area contributed by atoms with Gasteiger partial charge in [0.05, 0.1) is 5.52 Å². The normalized spacial score (nSPS) is 18.8. The maximum absolute atomic E-state index is 5.03. The molecule has 1 aliphatic rings. The number of anilines is 1. The topological polar surface area (TPSA) is 59.2 Å². The van der Waals surface area contributed by atoms with E-state index in [0.717, 1.165) is 48.4 Å². The lowest BCUT2D eigenvalue weighted by molar-refractivity contribution is 0.278. The number of tetrazole rings is 1. The molecule has 6 nitrogen and oxygen atoms in total. The van der Waals surface area contributed by atoms with E-state index in [1.165, 1.54) is 11.1 Å². The van der Waals surface area contributed by atoms with Crippen molar-refractivity contribution in [2.45, 2.75) is 45.4 Å². The number of piperidine rings is 1. The van der Waals surface area contributed by atoms with Gasteiger partial charge in [-0.2, -0.15) is 4.52 Å². The molecule has 0 spiro atoms. The summed E-state index contributed by atoms with van der Waals surface area (Å²) >= 11 is 3.72. The van der Waals surface area contributed by atoms with Crippen LogP contribution in [0.5, 0.6) is 0 Å². The molecule has 25 heavy (non-hydrogen) atoms. The predicted octanol–water partition coefficient (Wildman–Crippen LogP) is 4.06. The number of nitrogens with zero attached hydrogens (tertiary/aromatic N) is 6. The van der Waals surface area contributed by atoms with Gasteiger partial charge in [-0.15, -0.1) is 5.10 Å². The summed E-state index contributed by atoms with van der Waals surface area (Å²) in [6.45, 7) is 10.8. The van der Waals surface area contributed by atoms with Gasteiger partial charge in [-0.1, -0.05) is 35.8 Å². The Hall–Kier alpha value is -1.76. The molecule has 1 aromatic carbocycles. The van der Waals surface area contributed by atoms with Gasteiger partial charge in [0.25, 0.3) is 0 Å². The Bertz CT molecular complexity index is 936. The summed E-state index contributed by atoms with van der Waals surface area (Å²) in [6.07, 6.45) is 2.29. The third-order valence-corrected chi connectivity index (χ3v) is 5.72. The van der Waals surface area contributed by atoms with Crippen molar-refractivity contribution in [2.24, 2.45) is 5.41 Å². The zero-order valence-electron chi connectivity index (χ0n) is 15.1. The molecular weight excluding hydrogens is 380 g/mol. The van der Waals surface area contributed by atoms with E-state index < -0.39 is 0 Å². The molecule has 4 rings (SSSR count). The highest BCUT2D eigenvalue weighted by Gasteiger charge is 2.28. The summed E-state index contributed by atoms with van der Waals surface area (Å²) in [4.78, 5) is 7.56. The number of benzene rings is 1. The maximum Gasteiger partial charge on any atom is 0.230 e. The lowest BCUT2D eigenvalue weighted by atomic mass is 9.83.